The molecule has 5 nitrogen and oxygen atoms in total. The predicted octanol–water partition coefficient (Wildman–Crippen LogP) is 3.15. The summed E-state index contributed by atoms with van der Waals surface area (Å²) in [6.45, 7) is -0.264. The van der Waals surface area contributed by atoms with Crippen LogP contribution in [0.3, 0.4) is 0 Å². The Morgan fingerprint density at radius 1 is 1.00 bits per heavy atom. The second kappa shape index (κ2) is 6.37. The molecular formula is C16H14Cl2N2O3S. The number of amides is 1. The molecule has 0 spiro atoms. The number of halogens is 2. The maximum Gasteiger partial charge on any atom is 0.248 e. The fraction of sp³-hybridized carbons (Fsp3) is 0.188. The number of sulfonamides is 1. The Kier molecular flexibility index (Phi) is 4.57. The van der Waals surface area contributed by atoms with Gasteiger partial charge in [-0.05, 0) is 17.7 Å². The van der Waals surface area contributed by atoms with Crippen LogP contribution in [0, 0.1) is 0 Å². The first-order chi connectivity index (χ1) is 11.3. The largest absolute Gasteiger partial charge is 0.324 e. The van der Waals surface area contributed by atoms with Crippen LogP contribution < -0.4 is 0 Å². The highest BCUT2D eigenvalue weighted by Crippen LogP contribution is 2.38. The lowest BCUT2D eigenvalue weighted by molar-refractivity contribution is -0.126. The third kappa shape index (κ3) is 2.80. The lowest BCUT2D eigenvalue weighted by Gasteiger charge is -2.28. The molecule has 24 heavy (non-hydrogen) atoms. The number of carbonyl (C=O) groups excluding carboxylic acids is 1. The fourth-order valence-corrected chi connectivity index (χ4v) is 5.39. The van der Waals surface area contributed by atoms with Gasteiger partial charge in [-0.1, -0.05) is 59.6 Å². The Bertz CT molecular complexity index is 867. The number of nitrogens with zero attached hydrogens (tertiary/aromatic N) is 2. The summed E-state index contributed by atoms with van der Waals surface area (Å²) in [6.07, 6.45) is -0.740. The standard InChI is InChI=1S/C16H14Cl2N2O3S/c1-19-14(21)10-20(16(19)11-6-3-2-4-7-11)24(22,23)15-12(17)8-5-9-13(15)18/h2-9,16H,10H2,1H3/t16-/m1/s1. The second-order valence-electron chi connectivity index (χ2n) is 5.39. The summed E-state index contributed by atoms with van der Waals surface area (Å²) in [5, 5.41) is 0.0487. The smallest absolute Gasteiger partial charge is 0.248 e. The molecule has 1 fully saturated rings. The topological polar surface area (TPSA) is 57.7 Å². The molecule has 0 aromatic heterocycles. The first-order valence-electron chi connectivity index (χ1n) is 7.10. The molecule has 2 aromatic rings. The van der Waals surface area contributed by atoms with Crippen LogP contribution in [0.25, 0.3) is 0 Å². The van der Waals surface area contributed by atoms with Crippen LogP contribution in [0.15, 0.2) is 53.4 Å². The molecule has 8 heteroatoms. The van der Waals surface area contributed by atoms with Gasteiger partial charge in [0, 0.05) is 7.05 Å². The van der Waals surface area contributed by atoms with E-state index in [0.29, 0.717) is 5.56 Å². The Hall–Kier alpha value is -1.60. The van der Waals surface area contributed by atoms with E-state index in [0.717, 1.165) is 4.31 Å². The Morgan fingerprint density at radius 3 is 2.17 bits per heavy atom. The molecule has 1 aliphatic rings. The van der Waals surface area contributed by atoms with Crippen molar-refractivity contribution in [1.82, 2.24) is 9.21 Å². The van der Waals surface area contributed by atoms with Crippen LogP contribution in [-0.4, -0.2) is 37.1 Å². The van der Waals surface area contributed by atoms with Gasteiger partial charge in [0.15, 0.2) is 0 Å². The van der Waals surface area contributed by atoms with Crippen molar-refractivity contribution in [3.63, 3.8) is 0 Å². The number of hydrogen-bond donors (Lipinski definition) is 0. The summed E-state index contributed by atoms with van der Waals surface area (Å²) in [4.78, 5) is 13.4. The zero-order valence-corrected chi connectivity index (χ0v) is 15.0. The van der Waals surface area contributed by atoms with Gasteiger partial charge < -0.3 is 4.90 Å². The SMILES string of the molecule is CN1C(=O)CN(S(=O)(=O)c2c(Cl)cccc2Cl)[C@@H]1c1ccccc1. The summed E-state index contributed by atoms with van der Waals surface area (Å²) in [7, 11) is -2.48. The molecule has 1 saturated heterocycles. The summed E-state index contributed by atoms with van der Waals surface area (Å²) in [5.74, 6) is -0.296. The molecule has 126 valence electrons. The molecular weight excluding hydrogens is 371 g/mol. The van der Waals surface area contributed by atoms with Gasteiger partial charge in [0.05, 0.1) is 16.6 Å². The Morgan fingerprint density at radius 2 is 1.58 bits per heavy atom. The Balaban J connectivity index is 2.14. The highest BCUT2D eigenvalue weighted by atomic mass is 35.5. The summed E-state index contributed by atoms with van der Waals surface area (Å²) in [6, 6.07) is 13.4. The van der Waals surface area contributed by atoms with E-state index in [1.807, 2.05) is 6.07 Å². The van der Waals surface area contributed by atoms with Crippen molar-refractivity contribution in [3.05, 3.63) is 64.1 Å². The van der Waals surface area contributed by atoms with Crippen LogP contribution in [0.4, 0.5) is 0 Å². The molecule has 0 radical (unpaired) electrons. The van der Waals surface area contributed by atoms with Gasteiger partial charge in [0.25, 0.3) is 0 Å². The predicted molar refractivity (Wildman–Crippen MR) is 92.3 cm³/mol. The van der Waals surface area contributed by atoms with E-state index in [4.69, 9.17) is 23.2 Å². The van der Waals surface area contributed by atoms with Crippen LogP contribution in [-0.2, 0) is 14.8 Å². The molecule has 2 aromatic carbocycles. The molecule has 0 bridgehead atoms. The van der Waals surface area contributed by atoms with Crippen molar-refractivity contribution in [3.8, 4) is 0 Å². The monoisotopic (exact) mass is 384 g/mol. The van der Waals surface area contributed by atoms with Crippen molar-refractivity contribution < 1.29 is 13.2 Å². The van der Waals surface area contributed by atoms with Crippen LogP contribution in [0.2, 0.25) is 10.0 Å². The van der Waals surface area contributed by atoms with E-state index in [-0.39, 0.29) is 27.4 Å². The first kappa shape index (κ1) is 17.2. The van der Waals surface area contributed by atoms with E-state index in [2.05, 4.69) is 0 Å². The van der Waals surface area contributed by atoms with E-state index in [1.54, 1.807) is 37.4 Å². The quantitative estimate of drug-likeness (QED) is 0.816. The molecule has 1 atom stereocenters. The zero-order chi connectivity index (χ0) is 17.5. The van der Waals surface area contributed by atoms with Gasteiger partial charge in [-0.2, -0.15) is 4.31 Å². The summed E-state index contributed by atoms with van der Waals surface area (Å²) in [5.41, 5.74) is 0.692. The van der Waals surface area contributed by atoms with E-state index in [9.17, 15) is 13.2 Å². The fourth-order valence-electron chi connectivity index (χ4n) is 2.74. The average Bonchev–Trinajstić information content (AvgIpc) is 2.84. The molecule has 0 N–H and O–H groups in total. The van der Waals surface area contributed by atoms with Gasteiger partial charge in [-0.3, -0.25) is 4.79 Å². The molecule has 0 saturated carbocycles. The molecule has 1 heterocycles. The van der Waals surface area contributed by atoms with Gasteiger partial charge in [0.1, 0.15) is 11.1 Å². The number of rotatable bonds is 3. The minimum Gasteiger partial charge on any atom is -0.324 e. The van der Waals surface area contributed by atoms with Gasteiger partial charge in [-0.15, -0.1) is 0 Å². The van der Waals surface area contributed by atoms with E-state index in [1.165, 1.54) is 17.0 Å². The van der Waals surface area contributed by atoms with Crippen molar-refractivity contribution in [2.24, 2.45) is 0 Å². The maximum atomic E-state index is 13.1. The lowest BCUT2D eigenvalue weighted by atomic mass is 10.2. The van der Waals surface area contributed by atoms with E-state index < -0.39 is 16.2 Å². The lowest BCUT2D eigenvalue weighted by Crippen LogP contribution is -2.34. The number of likely N-dealkylation sites (N-methyl/N-ethyl adjacent to an activating group) is 1. The summed E-state index contributed by atoms with van der Waals surface area (Å²) >= 11 is 12.1. The Labute approximate surface area is 150 Å². The highest BCUT2D eigenvalue weighted by Gasteiger charge is 2.45. The molecule has 0 unspecified atom stereocenters. The maximum absolute atomic E-state index is 13.1. The van der Waals surface area contributed by atoms with Gasteiger partial charge in [0.2, 0.25) is 15.9 Å². The van der Waals surface area contributed by atoms with Crippen molar-refractivity contribution in [1.29, 1.82) is 0 Å². The third-order valence-electron chi connectivity index (χ3n) is 3.91. The molecule has 3 rings (SSSR count). The minimum absolute atomic E-state index is 0.0244. The minimum atomic E-state index is -4.06. The second-order valence-corrected chi connectivity index (χ2v) is 8.03. The van der Waals surface area contributed by atoms with Gasteiger partial charge >= 0.3 is 0 Å². The molecule has 1 amide bonds. The van der Waals surface area contributed by atoms with Crippen molar-refractivity contribution in [2.45, 2.75) is 11.1 Å². The summed E-state index contributed by atoms with van der Waals surface area (Å²) < 4.78 is 27.4. The van der Waals surface area contributed by atoms with Crippen LogP contribution in [0.5, 0.6) is 0 Å². The molecule has 0 aliphatic carbocycles. The highest BCUT2D eigenvalue weighted by molar-refractivity contribution is 7.89. The van der Waals surface area contributed by atoms with Gasteiger partial charge in [-0.25, -0.2) is 8.42 Å². The normalized spacial score (nSPS) is 19.0. The number of hydrogen-bond acceptors (Lipinski definition) is 3. The van der Waals surface area contributed by atoms with Crippen molar-refractivity contribution >= 4 is 39.1 Å². The first-order valence-corrected chi connectivity index (χ1v) is 9.30. The van der Waals surface area contributed by atoms with Crippen molar-refractivity contribution in [2.75, 3.05) is 13.6 Å². The van der Waals surface area contributed by atoms with E-state index >= 15 is 0 Å². The number of carbonyl (C=O) groups is 1. The average molecular weight is 385 g/mol. The third-order valence-corrected chi connectivity index (χ3v) is 6.66. The van der Waals surface area contributed by atoms with Crippen LogP contribution >= 0.6 is 23.2 Å². The zero-order valence-electron chi connectivity index (χ0n) is 12.7. The van der Waals surface area contributed by atoms with Crippen LogP contribution in [0.1, 0.15) is 11.7 Å². The number of benzene rings is 2. The molecule has 1 aliphatic heterocycles.